The highest BCUT2D eigenvalue weighted by Gasteiger charge is 2.23. The maximum Gasteiger partial charge on any atom is 0.231 e. The van der Waals surface area contributed by atoms with E-state index in [2.05, 4.69) is 32.0 Å². The number of likely N-dealkylation sites (tertiary alicyclic amines) is 2. The Labute approximate surface area is 223 Å². The van der Waals surface area contributed by atoms with Crippen LogP contribution in [0.2, 0.25) is 5.02 Å². The molecule has 4 heterocycles. The van der Waals surface area contributed by atoms with Gasteiger partial charge in [-0.05, 0) is 100 Å². The van der Waals surface area contributed by atoms with Gasteiger partial charge in [-0.15, -0.1) is 0 Å². The number of benzene rings is 1. The molecule has 37 heavy (non-hydrogen) atoms. The van der Waals surface area contributed by atoms with Crippen LogP contribution in [-0.4, -0.2) is 78.0 Å². The Morgan fingerprint density at radius 1 is 1.11 bits per heavy atom. The van der Waals surface area contributed by atoms with Crippen molar-refractivity contribution in [3.63, 3.8) is 0 Å². The third-order valence-electron chi connectivity index (χ3n) is 7.44. The number of pyridine rings is 1. The van der Waals surface area contributed by atoms with Gasteiger partial charge in [0.05, 0.1) is 18.3 Å². The van der Waals surface area contributed by atoms with Gasteiger partial charge in [-0.1, -0.05) is 11.6 Å². The molecule has 0 spiro atoms. The number of aromatic nitrogens is 2. The summed E-state index contributed by atoms with van der Waals surface area (Å²) in [5.74, 6) is 1.03. The Balaban J connectivity index is 0.000000209. The smallest absolute Gasteiger partial charge is 0.231 e. The van der Waals surface area contributed by atoms with Crippen molar-refractivity contribution >= 4 is 34.8 Å². The molecule has 3 N–H and O–H groups in total. The summed E-state index contributed by atoms with van der Waals surface area (Å²) in [6, 6.07) is 9.94. The van der Waals surface area contributed by atoms with Crippen molar-refractivity contribution in [1.29, 1.82) is 0 Å². The van der Waals surface area contributed by atoms with E-state index in [9.17, 15) is 9.59 Å². The minimum absolute atomic E-state index is 0.216. The molecule has 3 aromatic rings. The molecular weight excluding hydrogens is 488 g/mol. The number of carbonyl (C=O) groups is 2. The number of fused-ring (bicyclic) bond motifs is 1. The summed E-state index contributed by atoms with van der Waals surface area (Å²) in [7, 11) is 1.98. The molecule has 0 saturated carbocycles. The minimum atomic E-state index is -0.216. The van der Waals surface area contributed by atoms with Gasteiger partial charge in [-0.25, -0.2) is 0 Å². The van der Waals surface area contributed by atoms with E-state index in [0.717, 1.165) is 74.1 Å². The van der Waals surface area contributed by atoms with Gasteiger partial charge in [0.1, 0.15) is 0 Å². The first kappa shape index (κ1) is 27.1. The monoisotopic (exact) mass is 524 g/mol. The molecule has 0 unspecified atom stereocenters. The number of primary amides is 1. The first-order chi connectivity index (χ1) is 18.0. The summed E-state index contributed by atoms with van der Waals surface area (Å²) in [6.07, 6.45) is 11.3. The first-order valence-electron chi connectivity index (χ1n) is 13.0. The summed E-state index contributed by atoms with van der Waals surface area (Å²) >= 11 is 6.02. The molecule has 5 rings (SSSR count). The Morgan fingerprint density at radius 3 is 2.43 bits per heavy atom. The molecule has 8 nitrogen and oxygen atoms in total. The number of nitrogens with one attached hydrogen (secondary N) is 1. The average molecular weight is 525 g/mol. The van der Waals surface area contributed by atoms with Crippen LogP contribution >= 0.6 is 11.6 Å². The SMILES string of the molecule is CNCC1CCN(CC(N)=O)CC1.O=CN1CCC(c2cn(-c3ccc(Cl)cc3)c3cnccc23)CC1. The van der Waals surface area contributed by atoms with Gasteiger partial charge in [-0.2, -0.15) is 0 Å². The molecule has 0 radical (unpaired) electrons. The van der Waals surface area contributed by atoms with Crippen molar-refractivity contribution in [2.24, 2.45) is 11.7 Å². The van der Waals surface area contributed by atoms with E-state index in [1.807, 2.05) is 48.6 Å². The summed E-state index contributed by atoms with van der Waals surface area (Å²) in [5.41, 5.74) is 8.65. The van der Waals surface area contributed by atoms with Crippen molar-refractivity contribution in [3.05, 3.63) is 59.5 Å². The first-order valence-corrected chi connectivity index (χ1v) is 13.4. The van der Waals surface area contributed by atoms with E-state index >= 15 is 0 Å². The molecule has 2 fully saturated rings. The lowest BCUT2D eigenvalue weighted by Crippen LogP contribution is -2.41. The van der Waals surface area contributed by atoms with E-state index in [0.29, 0.717) is 12.5 Å². The van der Waals surface area contributed by atoms with Crippen LogP contribution in [0.4, 0.5) is 0 Å². The van der Waals surface area contributed by atoms with Crippen molar-refractivity contribution in [1.82, 2.24) is 24.7 Å². The number of hydrogen-bond acceptors (Lipinski definition) is 5. The summed E-state index contributed by atoms with van der Waals surface area (Å²) in [4.78, 5) is 29.9. The molecular formula is C28H37ClN6O2. The predicted molar refractivity (Wildman–Crippen MR) is 148 cm³/mol. The zero-order chi connectivity index (χ0) is 26.2. The fraction of sp³-hybridized carbons (Fsp3) is 0.464. The van der Waals surface area contributed by atoms with Crippen LogP contribution in [0.1, 0.15) is 37.2 Å². The van der Waals surface area contributed by atoms with Gasteiger partial charge < -0.3 is 20.5 Å². The van der Waals surface area contributed by atoms with Crippen LogP contribution in [0, 0.1) is 5.92 Å². The number of halogens is 1. The third kappa shape index (κ3) is 7.09. The molecule has 198 valence electrons. The third-order valence-corrected chi connectivity index (χ3v) is 7.69. The van der Waals surface area contributed by atoms with E-state index in [1.54, 1.807) is 0 Å². The fourth-order valence-electron chi connectivity index (χ4n) is 5.41. The fourth-order valence-corrected chi connectivity index (χ4v) is 5.54. The van der Waals surface area contributed by atoms with Crippen LogP contribution < -0.4 is 11.1 Å². The normalized spacial score (nSPS) is 17.4. The molecule has 2 amide bonds. The van der Waals surface area contributed by atoms with Crippen LogP contribution in [0.25, 0.3) is 16.6 Å². The number of nitrogens with zero attached hydrogens (tertiary/aromatic N) is 4. The maximum absolute atomic E-state index is 10.9. The van der Waals surface area contributed by atoms with Crippen molar-refractivity contribution in [3.8, 4) is 5.69 Å². The highest BCUT2D eigenvalue weighted by Crippen LogP contribution is 2.35. The van der Waals surface area contributed by atoms with Crippen LogP contribution in [0.3, 0.4) is 0 Å². The number of amides is 2. The number of carbonyl (C=O) groups excluding carboxylic acids is 2. The molecule has 0 atom stereocenters. The zero-order valence-electron chi connectivity index (χ0n) is 21.5. The Hall–Kier alpha value is -2.94. The molecule has 0 aliphatic carbocycles. The van der Waals surface area contributed by atoms with Crippen LogP contribution in [0.5, 0.6) is 0 Å². The minimum Gasteiger partial charge on any atom is -0.369 e. The Morgan fingerprint density at radius 2 is 1.81 bits per heavy atom. The van der Waals surface area contributed by atoms with Crippen molar-refractivity contribution in [2.45, 2.75) is 31.6 Å². The maximum atomic E-state index is 10.9. The lowest BCUT2D eigenvalue weighted by molar-refractivity contribution is -0.120. The number of piperidine rings is 2. The highest BCUT2D eigenvalue weighted by molar-refractivity contribution is 6.30. The van der Waals surface area contributed by atoms with Crippen molar-refractivity contribution < 1.29 is 9.59 Å². The number of rotatable bonds is 7. The molecule has 2 aliphatic heterocycles. The van der Waals surface area contributed by atoms with Gasteiger partial charge >= 0.3 is 0 Å². The van der Waals surface area contributed by atoms with Gasteiger partial charge in [0.2, 0.25) is 12.3 Å². The lowest BCUT2D eigenvalue weighted by Gasteiger charge is -2.30. The average Bonchev–Trinajstić information content (AvgIpc) is 3.30. The highest BCUT2D eigenvalue weighted by atomic mass is 35.5. The molecule has 9 heteroatoms. The molecule has 1 aromatic carbocycles. The number of nitrogens with two attached hydrogens (primary N) is 1. The second-order valence-electron chi connectivity index (χ2n) is 9.98. The molecule has 2 saturated heterocycles. The summed E-state index contributed by atoms with van der Waals surface area (Å²) in [6.45, 7) is 5.18. The summed E-state index contributed by atoms with van der Waals surface area (Å²) in [5, 5.41) is 5.15. The zero-order valence-corrected chi connectivity index (χ0v) is 22.2. The van der Waals surface area contributed by atoms with Gasteiger partial charge in [0, 0.05) is 41.6 Å². The molecule has 0 bridgehead atoms. The second kappa shape index (κ2) is 13.0. The van der Waals surface area contributed by atoms with E-state index in [4.69, 9.17) is 17.3 Å². The standard InChI is InChI=1S/C19H18ClN3O.C9H19N3O/c20-15-1-3-16(4-2-15)23-12-18(17-5-8-21-11-19(17)23)14-6-9-22(13-24)10-7-14;1-11-6-8-2-4-12(5-3-8)7-9(10)13/h1-5,8,11-14H,6-7,9-10H2;8,11H,2-7H2,1H3,(H2,10,13). The van der Waals surface area contributed by atoms with Crippen LogP contribution in [-0.2, 0) is 9.59 Å². The second-order valence-corrected chi connectivity index (χ2v) is 10.4. The van der Waals surface area contributed by atoms with Crippen molar-refractivity contribution in [2.75, 3.05) is 46.3 Å². The van der Waals surface area contributed by atoms with Gasteiger partial charge in [0.25, 0.3) is 0 Å². The summed E-state index contributed by atoms with van der Waals surface area (Å²) < 4.78 is 2.18. The van der Waals surface area contributed by atoms with E-state index < -0.39 is 0 Å². The number of hydrogen-bond donors (Lipinski definition) is 2. The largest absolute Gasteiger partial charge is 0.369 e. The Bertz CT molecular complexity index is 1170. The predicted octanol–water partition coefficient (Wildman–Crippen LogP) is 3.42. The Kier molecular flexibility index (Phi) is 9.55. The van der Waals surface area contributed by atoms with E-state index in [1.165, 1.54) is 23.8 Å². The van der Waals surface area contributed by atoms with Crippen LogP contribution in [0.15, 0.2) is 48.9 Å². The van der Waals surface area contributed by atoms with Gasteiger partial charge in [0.15, 0.2) is 0 Å². The molecule has 2 aromatic heterocycles. The van der Waals surface area contributed by atoms with E-state index in [-0.39, 0.29) is 5.91 Å². The topological polar surface area (TPSA) is 96.5 Å². The van der Waals surface area contributed by atoms with Gasteiger partial charge in [-0.3, -0.25) is 19.5 Å². The molecule has 2 aliphatic rings. The lowest BCUT2D eigenvalue weighted by atomic mass is 9.89. The quantitative estimate of drug-likeness (QED) is 0.462.